The molecule has 0 aromatic rings. The van der Waals surface area contributed by atoms with Crippen molar-refractivity contribution in [2.24, 2.45) is 0 Å². The first kappa shape index (κ1) is 9.94. The van der Waals surface area contributed by atoms with Crippen LogP contribution < -0.4 is 5.32 Å². The molecule has 0 radical (unpaired) electrons. The fraction of sp³-hybridized carbons (Fsp3) is 0.714. The van der Waals surface area contributed by atoms with Crippen molar-refractivity contribution in [3.63, 3.8) is 0 Å². The summed E-state index contributed by atoms with van der Waals surface area (Å²) in [5, 5.41) is 2.60. The highest BCUT2D eigenvalue weighted by molar-refractivity contribution is 5.47. The van der Waals surface area contributed by atoms with Gasteiger partial charge in [-0.05, 0) is 13.8 Å². The molecule has 1 N–H and O–H groups in total. The summed E-state index contributed by atoms with van der Waals surface area (Å²) in [7, 11) is 0. The molecule has 0 aromatic heterocycles. The van der Waals surface area contributed by atoms with E-state index in [2.05, 4.69) is 10.1 Å². The highest BCUT2D eigenvalue weighted by Crippen LogP contribution is 2.06. The van der Waals surface area contributed by atoms with Crippen molar-refractivity contribution >= 4 is 12.9 Å². The molecule has 0 fully saturated rings. The second-order valence-corrected chi connectivity index (χ2v) is 2.86. The maximum atomic E-state index is 10.0. The lowest BCUT2D eigenvalue weighted by Gasteiger charge is -2.22. The van der Waals surface area contributed by atoms with Gasteiger partial charge in [-0.15, -0.1) is 0 Å². The van der Waals surface area contributed by atoms with Gasteiger partial charge in [-0.25, -0.2) is 0 Å². The van der Waals surface area contributed by atoms with Crippen molar-refractivity contribution in [2.75, 3.05) is 6.61 Å². The maximum absolute atomic E-state index is 10.0. The zero-order valence-corrected chi connectivity index (χ0v) is 6.79. The molecule has 0 saturated carbocycles. The molecule has 64 valence electrons. The van der Waals surface area contributed by atoms with Gasteiger partial charge in [0.05, 0.1) is 6.61 Å². The Morgan fingerprint density at radius 1 is 1.45 bits per heavy atom. The minimum Gasteiger partial charge on any atom is -0.468 e. The molecule has 0 aliphatic carbocycles. The van der Waals surface area contributed by atoms with E-state index in [1.165, 1.54) is 0 Å². The molecule has 0 aromatic carbocycles. The molecule has 11 heavy (non-hydrogen) atoms. The number of ether oxygens (including phenoxy) is 1. The van der Waals surface area contributed by atoms with Crippen LogP contribution >= 0.6 is 0 Å². The number of amides is 1. The predicted molar refractivity (Wildman–Crippen MR) is 39.9 cm³/mol. The number of rotatable bonds is 6. The minimum atomic E-state index is -0.301. The topological polar surface area (TPSA) is 55.4 Å². The van der Waals surface area contributed by atoms with E-state index in [1.807, 2.05) is 13.8 Å². The fourth-order valence-corrected chi connectivity index (χ4v) is 0.594. The van der Waals surface area contributed by atoms with Crippen LogP contribution in [0.3, 0.4) is 0 Å². The summed E-state index contributed by atoms with van der Waals surface area (Å²) >= 11 is 0. The smallest absolute Gasteiger partial charge is 0.293 e. The number of carbonyl (C=O) groups is 2. The van der Waals surface area contributed by atoms with Crippen LogP contribution in [0.2, 0.25) is 0 Å². The molecule has 0 saturated heterocycles. The molecule has 0 aliphatic heterocycles. The molecule has 1 amide bonds. The Kier molecular flexibility index (Phi) is 4.26. The van der Waals surface area contributed by atoms with Gasteiger partial charge in [-0.2, -0.15) is 0 Å². The summed E-state index contributed by atoms with van der Waals surface area (Å²) in [4.78, 5) is 19.8. The molecule has 0 spiro atoms. The summed E-state index contributed by atoms with van der Waals surface area (Å²) in [6, 6.07) is 0. The van der Waals surface area contributed by atoms with E-state index >= 15 is 0 Å². The first-order valence-electron chi connectivity index (χ1n) is 3.39. The third-order valence-electron chi connectivity index (χ3n) is 1.36. The molecule has 0 unspecified atom stereocenters. The Hall–Kier alpha value is -1.06. The van der Waals surface area contributed by atoms with Crippen LogP contribution in [0.5, 0.6) is 0 Å². The molecule has 0 atom stereocenters. The normalized spacial score (nSPS) is 10.4. The zero-order chi connectivity index (χ0) is 8.74. The highest BCUT2D eigenvalue weighted by Gasteiger charge is 2.15. The average molecular weight is 159 g/mol. The Labute approximate surface area is 65.9 Å². The number of hydrogen-bond acceptors (Lipinski definition) is 3. The lowest BCUT2D eigenvalue weighted by molar-refractivity contribution is -0.129. The minimum absolute atomic E-state index is 0.301. The van der Waals surface area contributed by atoms with Crippen molar-refractivity contribution in [1.29, 1.82) is 0 Å². The van der Waals surface area contributed by atoms with Gasteiger partial charge < -0.3 is 10.1 Å². The van der Waals surface area contributed by atoms with Crippen molar-refractivity contribution < 1.29 is 14.3 Å². The molecular weight excluding hydrogens is 146 g/mol. The molecule has 0 bridgehead atoms. The summed E-state index contributed by atoms with van der Waals surface area (Å²) in [6.07, 6.45) is 1.26. The van der Waals surface area contributed by atoms with E-state index in [1.54, 1.807) is 0 Å². The average Bonchev–Trinajstić information content (AvgIpc) is 1.87. The Balaban J connectivity index is 3.53. The summed E-state index contributed by atoms with van der Waals surface area (Å²) in [6.45, 7) is 4.44. The Morgan fingerprint density at radius 3 is 2.55 bits per heavy atom. The second-order valence-electron chi connectivity index (χ2n) is 2.86. The van der Waals surface area contributed by atoms with Gasteiger partial charge in [-0.1, -0.05) is 0 Å². The third-order valence-corrected chi connectivity index (χ3v) is 1.36. The van der Waals surface area contributed by atoms with Gasteiger partial charge in [0.1, 0.15) is 0 Å². The first-order valence-corrected chi connectivity index (χ1v) is 3.39. The van der Waals surface area contributed by atoms with Crippen LogP contribution in [0, 0.1) is 0 Å². The second kappa shape index (κ2) is 4.71. The monoisotopic (exact) mass is 159 g/mol. The third kappa shape index (κ3) is 5.39. The van der Waals surface area contributed by atoms with Gasteiger partial charge in [0.15, 0.2) is 0 Å². The number of hydrogen-bond donors (Lipinski definition) is 1. The molecule has 0 heterocycles. The molecule has 0 aliphatic rings. The lowest BCUT2D eigenvalue weighted by Crippen LogP contribution is -2.39. The molecule has 0 rings (SSSR count). The van der Waals surface area contributed by atoms with Gasteiger partial charge in [-0.3, -0.25) is 9.59 Å². The van der Waals surface area contributed by atoms with Gasteiger partial charge >= 0.3 is 0 Å². The first-order chi connectivity index (χ1) is 5.12. The van der Waals surface area contributed by atoms with Gasteiger partial charge in [0, 0.05) is 12.0 Å². The van der Waals surface area contributed by atoms with Crippen molar-refractivity contribution in [2.45, 2.75) is 25.8 Å². The van der Waals surface area contributed by atoms with E-state index < -0.39 is 0 Å². The van der Waals surface area contributed by atoms with Gasteiger partial charge in [0.2, 0.25) is 6.41 Å². The molecule has 4 nitrogen and oxygen atoms in total. The zero-order valence-electron chi connectivity index (χ0n) is 6.79. The predicted octanol–water partition coefficient (Wildman–Crippen LogP) is 0.0741. The van der Waals surface area contributed by atoms with Crippen LogP contribution in [0.25, 0.3) is 0 Å². The van der Waals surface area contributed by atoms with Crippen molar-refractivity contribution in [3.8, 4) is 0 Å². The highest BCUT2D eigenvalue weighted by atomic mass is 16.5. The van der Waals surface area contributed by atoms with Gasteiger partial charge in [0.25, 0.3) is 6.47 Å². The number of carbonyl (C=O) groups excluding carboxylic acids is 2. The van der Waals surface area contributed by atoms with Crippen LogP contribution in [0.1, 0.15) is 20.3 Å². The SMILES string of the molecule is CC(C)(CCOC=O)NC=O. The van der Waals surface area contributed by atoms with Crippen LogP contribution in [-0.2, 0) is 14.3 Å². The summed E-state index contributed by atoms with van der Waals surface area (Å²) in [5.74, 6) is 0. The molecular formula is C7H13NO3. The Morgan fingerprint density at radius 2 is 2.09 bits per heavy atom. The lowest BCUT2D eigenvalue weighted by atomic mass is 10.0. The van der Waals surface area contributed by atoms with Crippen LogP contribution in [0.15, 0.2) is 0 Å². The summed E-state index contributed by atoms with van der Waals surface area (Å²) in [5.41, 5.74) is -0.301. The Bertz CT molecular complexity index is 134. The van der Waals surface area contributed by atoms with E-state index in [0.717, 1.165) is 0 Å². The fourth-order valence-electron chi connectivity index (χ4n) is 0.594. The van der Waals surface area contributed by atoms with Crippen molar-refractivity contribution in [3.05, 3.63) is 0 Å². The number of nitrogens with one attached hydrogen (secondary N) is 1. The van der Waals surface area contributed by atoms with E-state index in [4.69, 9.17) is 0 Å². The van der Waals surface area contributed by atoms with E-state index in [9.17, 15) is 9.59 Å². The van der Waals surface area contributed by atoms with E-state index in [0.29, 0.717) is 25.9 Å². The standard InChI is InChI=1S/C7H13NO3/c1-7(2,8-5-9)3-4-11-6-10/h5-6H,3-4H2,1-2H3,(H,8,9). The summed E-state index contributed by atoms with van der Waals surface area (Å²) < 4.78 is 4.48. The van der Waals surface area contributed by atoms with Crippen LogP contribution in [0.4, 0.5) is 0 Å². The maximum Gasteiger partial charge on any atom is 0.293 e. The molecule has 4 heteroatoms. The quantitative estimate of drug-likeness (QED) is 0.441. The van der Waals surface area contributed by atoms with Crippen molar-refractivity contribution in [1.82, 2.24) is 5.32 Å². The van der Waals surface area contributed by atoms with Crippen LogP contribution in [-0.4, -0.2) is 25.0 Å². The largest absolute Gasteiger partial charge is 0.468 e. The van der Waals surface area contributed by atoms with E-state index in [-0.39, 0.29) is 5.54 Å².